The minimum Gasteiger partial charge on any atom is -0.458 e. The first-order valence-electron chi connectivity index (χ1n) is 4.62. The van der Waals surface area contributed by atoms with E-state index in [0.717, 1.165) is 38.6 Å². The van der Waals surface area contributed by atoms with Gasteiger partial charge in [0.2, 0.25) is 0 Å². The molecule has 0 saturated carbocycles. The average Bonchev–Trinajstić information content (AvgIpc) is 2.54. The van der Waals surface area contributed by atoms with Crippen LogP contribution in [0.5, 0.6) is 0 Å². The fraction of sp³-hybridized carbons (Fsp3) is 0.600. The molecular formula is C10H14NO2. The molecule has 3 heteroatoms. The van der Waals surface area contributed by atoms with E-state index in [2.05, 4.69) is 11.2 Å². The van der Waals surface area contributed by atoms with E-state index in [1.165, 1.54) is 5.56 Å². The maximum absolute atomic E-state index is 5.28. The lowest BCUT2D eigenvalue weighted by molar-refractivity contribution is 0.0340. The Hall–Kier alpha value is -0.800. The number of ether oxygens (including phenoxy) is 1. The Morgan fingerprint density at radius 3 is 2.85 bits per heavy atom. The van der Waals surface area contributed by atoms with Gasteiger partial charge in [0.25, 0.3) is 0 Å². The minimum atomic E-state index is 0.848. The van der Waals surface area contributed by atoms with E-state index in [1.807, 2.05) is 13.0 Å². The van der Waals surface area contributed by atoms with E-state index in [0.29, 0.717) is 0 Å². The second kappa shape index (κ2) is 3.94. The molecule has 1 saturated heterocycles. The van der Waals surface area contributed by atoms with Crippen molar-refractivity contribution in [2.24, 2.45) is 0 Å². The summed E-state index contributed by atoms with van der Waals surface area (Å²) in [6.45, 7) is 6.67. The van der Waals surface area contributed by atoms with E-state index in [1.54, 1.807) is 0 Å². The molecule has 71 valence electrons. The number of nitrogens with zero attached hydrogens (tertiary/aromatic N) is 1. The van der Waals surface area contributed by atoms with Gasteiger partial charge in [-0.05, 0) is 13.0 Å². The van der Waals surface area contributed by atoms with E-state index in [-0.39, 0.29) is 0 Å². The predicted molar refractivity (Wildman–Crippen MR) is 48.4 cm³/mol. The lowest BCUT2D eigenvalue weighted by Gasteiger charge is -2.26. The predicted octanol–water partition coefficient (Wildman–Crippen LogP) is 1.22. The number of hydrogen-bond donors (Lipinski definition) is 0. The highest BCUT2D eigenvalue weighted by molar-refractivity contribution is 5.14. The zero-order chi connectivity index (χ0) is 9.10. The van der Waals surface area contributed by atoms with Crippen LogP contribution in [0.1, 0.15) is 11.3 Å². The maximum Gasteiger partial charge on any atom is 0.169 e. The lowest BCUT2D eigenvalue weighted by atomic mass is 10.2. The van der Waals surface area contributed by atoms with Crippen molar-refractivity contribution in [3.05, 3.63) is 23.7 Å². The van der Waals surface area contributed by atoms with E-state index < -0.39 is 0 Å². The van der Waals surface area contributed by atoms with Gasteiger partial charge in [-0.2, -0.15) is 0 Å². The molecule has 13 heavy (non-hydrogen) atoms. The van der Waals surface area contributed by atoms with Crippen LogP contribution in [0.15, 0.2) is 10.5 Å². The Bertz CT molecular complexity index is 264. The maximum atomic E-state index is 5.28. The number of furan rings is 1. The van der Waals surface area contributed by atoms with Gasteiger partial charge >= 0.3 is 0 Å². The summed E-state index contributed by atoms with van der Waals surface area (Å²) in [7, 11) is 0. The van der Waals surface area contributed by atoms with Crippen LogP contribution in [0.2, 0.25) is 0 Å². The van der Waals surface area contributed by atoms with Crippen molar-refractivity contribution in [2.75, 3.05) is 26.3 Å². The molecule has 0 aromatic carbocycles. The van der Waals surface area contributed by atoms with Crippen molar-refractivity contribution >= 4 is 0 Å². The van der Waals surface area contributed by atoms with Gasteiger partial charge in [-0.3, -0.25) is 4.90 Å². The standard InChI is InChI=1S/C10H14NO2/c1-9-10(2-5-13-9)8-11-3-6-12-7-4-11/h2H,3-4,6-8H2,1H3. The second-order valence-electron chi connectivity index (χ2n) is 3.33. The number of morpholine rings is 1. The third-order valence-electron chi connectivity index (χ3n) is 2.40. The monoisotopic (exact) mass is 180 g/mol. The van der Waals surface area contributed by atoms with Crippen LogP contribution in [0.4, 0.5) is 0 Å². The van der Waals surface area contributed by atoms with Crippen LogP contribution in [0.25, 0.3) is 0 Å². The Labute approximate surface area is 78.3 Å². The molecule has 1 aliphatic rings. The van der Waals surface area contributed by atoms with Crippen molar-refractivity contribution in [3.63, 3.8) is 0 Å². The largest absolute Gasteiger partial charge is 0.458 e. The third kappa shape index (κ3) is 2.11. The summed E-state index contributed by atoms with van der Waals surface area (Å²) < 4.78 is 10.4. The molecule has 0 bridgehead atoms. The molecule has 1 radical (unpaired) electrons. The zero-order valence-electron chi connectivity index (χ0n) is 7.88. The van der Waals surface area contributed by atoms with Crippen molar-refractivity contribution in [1.29, 1.82) is 0 Å². The Balaban J connectivity index is 1.93. The van der Waals surface area contributed by atoms with Crippen LogP contribution in [0.3, 0.4) is 0 Å². The Morgan fingerprint density at radius 2 is 2.23 bits per heavy atom. The van der Waals surface area contributed by atoms with E-state index >= 15 is 0 Å². The Kier molecular flexibility index (Phi) is 2.66. The summed E-state index contributed by atoms with van der Waals surface area (Å²) in [5.74, 6) is 0.978. The van der Waals surface area contributed by atoms with Crippen molar-refractivity contribution in [1.82, 2.24) is 4.90 Å². The molecule has 1 aliphatic heterocycles. The summed E-state index contributed by atoms with van der Waals surface area (Å²) in [6.07, 6.45) is 2.75. The lowest BCUT2D eigenvalue weighted by Crippen LogP contribution is -2.35. The molecule has 0 spiro atoms. The highest BCUT2D eigenvalue weighted by atomic mass is 16.5. The molecule has 1 aromatic heterocycles. The van der Waals surface area contributed by atoms with Gasteiger partial charge in [0.15, 0.2) is 6.26 Å². The molecule has 3 nitrogen and oxygen atoms in total. The van der Waals surface area contributed by atoms with Crippen LogP contribution in [-0.4, -0.2) is 31.2 Å². The number of aryl methyl sites for hydroxylation is 1. The smallest absolute Gasteiger partial charge is 0.169 e. The fourth-order valence-corrected chi connectivity index (χ4v) is 1.51. The average molecular weight is 180 g/mol. The van der Waals surface area contributed by atoms with Gasteiger partial charge in [-0.1, -0.05) is 0 Å². The highest BCUT2D eigenvalue weighted by Gasteiger charge is 2.12. The molecule has 0 aliphatic carbocycles. The van der Waals surface area contributed by atoms with E-state index in [4.69, 9.17) is 9.15 Å². The van der Waals surface area contributed by atoms with Gasteiger partial charge in [0, 0.05) is 25.2 Å². The second-order valence-corrected chi connectivity index (χ2v) is 3.33. The molecular weight excluding hydrogens is 166 g/mol. The summed E-state index contributed by atoms with van der Waals surface area (Å²) in [6, 6.07) is 1.92. The quantitative estimate of drug-likeness (QED) is 0.684. The SMILES string of the molecule is Cc1o[c]cc1CN1CCOCC1. The van der Waals surface area contributed by atoms with Gasteiger partial charge < -0.3 is 9.15 Å². The summed E-state index contributed by atoms with van der Waals surface area (Å²) in [5.41, 5.74) is 1.24. The molecule has 2 rings (SSSR count). The minimum absolute atomic E-state index is 0.848. The van der Waals surface area contributed by atoms with Crippen LogP contribution >= 0.6 is 0 Å². The summed E-state index contributed by atoms with van der Waals surface area (Å²) >= 11 is 0. The molecule has 2 heterocycles. The summed E-state index contributed by atoms with van der Waals surface area (Å²) in [5, 5.41) is 0. The molecule has 0 unspecified atom stereocenters. The fourth-order valence-electron chi connectivity index (χ4n) is 1.51. The van der Waals surface area contributed by atoms with Crippen molar-refractivity contribution < 1.29 is 9.15 Å². The van der Waals surface area contributed by atoms with Crippen LogP contribution in [-0.2, 0) is 11.3 Å². The molecule has 1 fully saturated rings. The third-order valence-corrected chi connectivity index (χ3v) is 2.40. The molecule has 1 aromatic rings. The Morgan fingerprint density at radius 1 is 1.46 bits per heavy atom. The first kappa shape index (κ1) is 8.78. The highest BCUT2D eigenvalue weighted by Crippen LogP contribution is 2.12. The van der Waals surface area contributed by atoms with Gasteiger partial charge in [-0.25, -0.2) is 0 Å². The first-order valence-corrected chi connectivity index (χ1v) is 4.62. The van der Waals surface area contributed by atoms with E-state index in [9.17, 15) is 0 Å². The normalized spacial score (nSPS) is 19.2. The van der Waals surface area contributed by atoms with Crippen LogP contribution in [0, 0.1) is 13.2 Å². The molecule has 0 N–H and O–H groups in total. The van der Waals surface area contributed by atoms with Gasteiger partial charge in [0.1, 0.15) is 5.76 Å². The molecule has 0 atom stereocenters. The van der Waals surface area contributed by atoms with Gasteiger partial charge in [0.05, 0.1) is 13.2 Å². The zero-order valence-corrected chi connectivity index (χ0v) is 7.88. The summed E-state index contributed by atoms with van der Waals surface area (Å²) in [4.78, 5) is 2.37. The molecule has 0 amide bonds. The van der Waals surface area contributed by atoms with Crippen LogP contribution < -0.4 is 0 Å². The topological polar surface area (TPSA) is 25.6 Å². The van der Waals surface area contributed by atoms with Crippen molar-refractivity contribution in [2.45, 2.75) is 13.5 Å². The first-order chi connectivity index (χ1) is 6.36. The van der Waals surface area contributed by atoms with Crippen molar-refractivity contribution in [3.8, 4) is 0 Å². The van der Waals surface area contributed by atoms with Gasteiger partial charge in [-0.15, -0.1) is 0 Å². The number of hydrogen-bond acceptors (Lipinski definition) is 3. The number of rotatable bonds is 2.